The van der Waals surface area contributed by atoms with E-state index in [-0.39, 0.29) is 79.4 Å². The number of ketones is 1. The van der Waals surface area contributed by atoms with Crippen molar-refractivity contribution in [2.75, 3.05) is 36.8 Å². The van der Waals surface area contributed by atoms with Gasteiger partial charge in [-0.3, -0.25) is 28.3 Å². The number of carbonyl (C=O) groups is 4. The van der Waals surface area contributed by atoms with Crippen LogP contribution in [0.25, 0.3) is 22.5 Å². The maximum Gasteiger partial charge on any atom is 0.335 e. The lowest BCUT2D eigenvalue weighted by molar-refractivity contribution is -0.149. The van der Waals surface area contributed by atoms with Gasteiger partial charge in [0, 0.05) is 74.1 Å². The van der Waals surface area contributed by atoms with E-state index in [1.54, 1.807) is 103 Å². The van der Waals surface area contributed by atoms with Crippen LogP contribution in [0.4, 0.5) is 23.3 Å². The first-order valence-corrected chi connectivity index (χ1v) is 29.8. The van der Waals surface area contributed by atoms with Gasteiger partial charge in [0.2, 0.25) is 11.9 Å². The van der Waals surface area contributed by atoms with Gasteiger partial charge in [-0.15, -0.1) is 0 Å². The first-order valence-electron chi connectivity index (χ1n) is 28.3. The summed E-state index contributed by atoms with van der Waals surface area (Å²) in [5.74, 6) is -1.01. The predicted molar refractivity (Wildman–Crippen MR) is 346 cm³/mol. The molecular weight excluding hydrogens is 1190 g/mol. The zero-order valence-electron chi connectivity index (χ0n) is 51.2. The number of hydrogen-bond donors (Lipinski definition) is 7. The van der Waals surface area contributed by atoms with Crippen molar-refractivity contribution in [2.45, 2.75) is 136 Å². The number of nitrogens with zero attached hydrogens (tertiary/aromatic N) is 12. The highest BCUT2D eigenvalue weighted by Gasteiger charge is 2.34. The summed E-state index contributed by atoms with van der Waals surface area (Å²) in [6.45, 7) is 17.4. The van der Waals surface area contributed by atoms with E-state index < -0.39 is 27.3 Å². The molecule has 0 unspecified atom stereocenters. The van der Waals surface area contributed by atoms with Crippen molar-refractivity contribution in [3.63, 3.8) is 0 Å². The summed E-state index contributed by atoms with van der Waals surface area (Å²) >= 11 is 0. The summed E-state index contributed by atoms with van der Waals surface area (Å²) in [7, 11) is -4.02. The van der Waals surface area contributed by atoms with Crippen molar-refractivity contribution in [3.05, 3.63) is 138 Å². The largest absolute Gasteiger partial charge is 0.478 e. The highest BCUT2D eigenvalue weighted by Crippen LogP contribution is 2.30. The van der Waals surface area contributed by atoms with E-state index in [1.165, 1.54) is 39.8 Å². The number of Topliss-reactive ketones (excluding diaryl/α,β-unsaturated/α-hetero) is 1. The molecule has 0 saturated carbocycles. The summed E-state index contributed by atoms with van der Waals surface area (Å²) in [6.07, 6.45) is 13.9. The third-order valence-corrected chi connectivity index (χ3v) is 14.9. The molecule has 8 N–H and O–H groups in total. The van der Waals surface area contributed by atoms with Crippen LogP contribution >= 0.6 is 13.5 Å². The number of rotatable bonds is 15. The lowest BCUT2D eigenvalue weighted by Gasteiger charge is -2.35. The van der Waals surface area contributed by atoms with Crippen LogP contribution in [0.3, 0.4) is 0 Å². The fraction of sp³-hybridized carbons (Fsp3) is 0.397. The molecule has 90 heavy (non-hydrogen) atoms. The van der Waals surface area contributed by atoms with Crippen LogP contribution in [-0.2, 0) is 19.7 Å². The number of amides is 2. The van der Waals surface area contributed by atoms with Crippen molar-refractivity contribution in [1.29, 1.82) is 10.5 Å². The topological polar surface area (TPSA) is 375 Å². The Labute approximate surface area is 532 Å². The number of nitriles is 2. The summed E-state index contributed by atoms with van der Waals surface area (Å²) in [4.78, 5) is 69.5. The molecule has 2 amide bonds. The second-order valence-corrected chi connectivity index (χ2v) is 24.0. The SMILES string of the molecule is C.C[C@H](N)C#N.Cc1ccc(S(=O)(=O)O)cc1.Cc1cnc(Nc2cnn(C3CCN(C(=O)C(C)(C)O)CC3)c2)nc1-c1ccc(C(=O)C[C@@H](C)C#N)cc1.Cc1cnc(Nc2cnn(C3CCN(C(=O)C(C)(C)O)CC3)c2)nc1-c1ccc(C(=O)O)cc1.S. The number of aromatic nitrogens is 8. The van der Waals surface area contributed by atoms with Gasteiger partial charge in [0.25, 0.3) is 21.9 Å². The van der Waals surface area contributed by atoms with E-state index in [4.69, 9.17) is 30.9 Å². The Hall–Kier alpha value is -8.96. The van der Waals surface area contributed by atoms with E-state index >= 15 is 0 Å². The number of aryl methyl sites for hydroxylation is 3. The van der Waals surface area contributed by atoms with Gasteiger partial charge < -0.3 is 41.5 Å². The summed E-state index contributed by atoms with van der Waals surface area (Å²) in [5.41, 5.74) is 10.4. The molecule has 25 nitrogen and oxygen atoms in total. The molecule has 9 rings (SSSR count). The van der Waals surface area contributed by atoms with Crippen LogP contribution in [0, 0.1) is 49.4 Å². The Kier molecular flexibility index (Phi) is 26.5. The van der Waals surface area contributed by atoms with Gasteiger partial charge in [-0.05, 0) is 123 Å². The Morgan fingerprint density at radius 2 is 1.03 bits per heavy atom. The van der Waals surface area contributed by atoms with E-state index in [0.29, 0.717) is 49.3 Å². The first-order chi connectivity index (χ1) is 41.4. The quantitative estimate of drug-likeness (QED) is 0.0372. The summed E-state index contributed by atoms with van der Waals surface area (Å²) in [6, 6.07) is 23.7. The molecule has 2 aliphatic heterocycles. The average molecular weight is 1270 g/mol. The van der Waals surface area contributed by atoms with Gasteiger partial charge in [-0.25, -0.2) is 24.7 Å². The number of aliphatic hydroxyl groups is 2. The van der Waals surface area contributed by atoms with Crippen molar-refractivity contribution in [2.24, 2.45) is 11.7 Å². The lowest BCUT2D eigenvalue weighted by Crippen LogP contribution is -2.48. The van der Waals surface area contributed by atoms with Crippen molar-refractivity contribution >= 4 is 70.5 Å². The number of carboxylic acids is 1. The minimum atomic E-state index is -4.02. The molecule has 2 aliphatic rings. The van der Waals surface area contributed by atoms with Crippen LogP contribution in [0.15, 0.2) is 115 Å². The molecule has 7 aromatic rings. The van der Waals surface area contributed by atoms with Gasteiger partial charge >= 0.3 is 5.97 Å². The minimum absolute atomic E-state index is 0. The third kappa shape index (κ3) is 21.1. The van der Waals surface area contributed by atoms with Crippen molar-refractivity contribution < 1.29 is 47.5 Å². The van der Waals surface area contributed by atoms with E-state index in [2.05, 4.69) is 41.9 Å². The molecular formula is C63H81N15O10S2. The second kappa shape index (κ2) is 32.5. The molecule has 2 atom stereocenters. The molecule has 0 aliphatic carbocycles. The second-order valence-electron chi connectivity index (χ2n) is 22.6. The number of nitrogens with two attached hydrogens (primary N) is 1. The van der Waals surface area contributed by atoms with Gasteiger partial charge in [-0.2, -0.15) is 42.6 Å². The fourth-order valence-electron chi connectivity index (χ4n) is 9.23. The van der Waals surface area contributed by atoms with E-state index in [0.717, 1.165) is 70.6 Å². The van der Waals surface area contributed by atoms with Crippen LogP contribution in [0.1, 0.15) is 131 Å². The molecule has 27 heteroatoms. The number of benzene rings is 3. The maximum absolute atomic E-state index is 12.4. The maximum atomic E-state index is 12.4. The number of hydrogen-bond acceptors (Lipinski definition) is 19. The zero-order chi connectivity index (χ0) is 64.7. The summed E-state index contributed by atoms with van der Waals surface area (Å²) in [5, 5.41) is 61.1. The number of carbonyl (C=O) groups excluding carboxylic acids is 3. The average Bonchev–Trinajstić information content (AvgIpc) is 1.54. The van der Waals surface area contributed by atoms with Crippen LogP contribution in [-0.4, -0.2) is 145 Å². The van der Waals surface area contributed by atoms with Crippen LogP contribution in [0.2, 0.25) is 0 Å². The molecule has 4 aromatic heterocycles. The number of nitrogens with one attached hydrogen (secondary N) is 2. The number of anilines is 4. The Balaban J connectivity index is 0.000000304. The Morgan fingerprint density at radius 1 is 0.656 bits per heavy atom. The molecule has 3 aromatic carbocycles. The van der Waals surface area contributed by atoms with E-state index in [1.807, 2.05) is 54.7 Å². The Morgan fingerprint density at radius 3 is 1.37 bits per heavy atom. The van der Waals surface area contributed by atoms with Crippen molar-refractivity contribution in [3.8, 4) is 34.7 Å². The van der Waals surface area contributed by atoms with E-state index in [9.17, 15) is 37.8 Å². The molecule has 2 fully saturated rings. The number of aromatic carboxylic acids is 1. The molecule has 0 spiro atoms. The highest BCUT2D eigenvalue weighted by molar-refractivity contribution is 7.85. The smallest absolute Gasteiger partial charge is 0.335 e. The normalized spacial score (nSPS) is 14.1. The number of carboxylic acid groups (broad SMARTS) is 1. The number of piperidine rings is 2. The highest BCUT2D eigenvalue weighted by atomic mass is 32.2. The van der Waals surface area contributed by atoms with Crippen LogP contribution < -0.4 is 16.4 Å². The first kappa shape index (κ1) is 73.5. The van der Waals surface area contributed by atoms with Gasteiger partial charge in [0.15, 0.2) is 5.78 Å². The van der Waals surface area contributed by atoms with Gasteiger partial charge in [0.1, 0.15) is 11.2 Å². The minimum Gasteiger partial charge on any atom is -0.478 e. The molecule has 0 radical (unpaired) electrons. The van der Waals surface area contributed by atoms with Crippen LogP contribution in [0.5, 0.6) is 0 Å². The summed E-state index contributed by atoms with van der Waals surface area (Å²) < 4.78 is 33.3. The fourth-order valence-corrected chi connectivity index (χ4v) is 9.71. The number of likely N-dealkylation sites (tertiary alicyclic amines) is 2. The monoisotopic (exact) mass is 1270 g/mol. The van der Waals surface area contributed by atoms with Crippen molar-refractivity contribution in [1.82, 2.24) is 49.3 Å². The van der Waals surface area contributed by atoms with Gasteiger partial charge in [-0.1, -0.05) is 61.5 Å². The third-order valence-electron chi connectivity index (χ3n) is 14.1. The van der Waals surface area contributed by atoms with Gasteiger partial charge in [0.05, 0.1) is 81.8 Å². The molecule has 480 valence electrons. The molecule has 6 heterocycles. The predicted octanol–water partition coefficient (Wildman–Crippen LogP) is 8.93. The molecule has 2 saturated heterocycles. The standard InChI is InChI=1S/C28H33N7O3.C24H28N6O4.C7H8O3S.C3H6N2.CH4.H2S/c1-18(14-29)13-24(36)20-5-7-21(8-6-20)25-19(2)15-30-27(33-25)32-22-16-31-35(17-22)23-9-11-34(12-10-23)26(37)28(3,4)38;1-15-12-25-23(28-20(15)16-4-6-17(7-5-16)21(31)32)27-18-13-26-30(14-18)19-8-10-29(11-9-19)22(33)24(2,3)34;1-6-2-4-7(5-3-6)11(8,9)10;1-3(5)2-4;;/h5-8,15-18,23,38H,9-13H2,1-4H3,(H,30,32,33);4-7,12-14,19,34H,8-11H2,1-3H3,(H,31,32)(H,25,27,28);2-5H,1H3,(H,8,9,10);3H,5H2,1H3;1H4;1H2/t18-;;;3-;;/m1..0../s1. The zero-order valence-corrected chi connectivity index (χ0v) is 53.0. The lowest BCUT2D eigenvalue weighted by atomic mass is 9.99. The Bertz CT molecular complexity index is 3740. The molecule has 0 bridgehead atoms.